The minimum atomic E-state index is -0.893. The van der Waals surface area contributed by atoms with Gasteiger partial charge in [-0.1, -0.05) is 47.5 Å². The summed E-state index contributed by atoms with van der Waals surface area (Å²) in [5.41, 5.74) is 1.51. The fraction of sp³-hybridized carbons (Fsp3) is 0.235. The Kier molecular flexibility index (Phi) is 5.83. The van der Waals surface area contributed by atoms with Crippen molar-refractivity contribution in [1.82, 2.24) is 0 Å². The van der Waals surface area contributed by atoms with Crippen LogP contribution in [0.25, 0.3) is 0 Å². The van der Waals surface area contributed by atoms with E-state index in [9.17, 15) is 9.90 Å². The Hall–Kier alpha value is -1.55. The molecule has 22 heavy (non-hydrogen) atoms. The predicted octanol–water partition coefficient (Wildman–Crippen LogP) is 4.68. The summed E-state index contributed by atoms with van der Waals surface area (Å²) in [5, 5.41) is 20.7. The van der Waals surface area contributed by atoms with E-state index in [0.29, 0.717) is 22.0 Å². The van der Waals surface area contributed by atoms with Crippen molar-refractivity contribution >= 4 is 29.2 Å². The molecule has 0 amide bonds. The maximum Gasteiger partial charge on any atom is 0.303 e. The number of aliphatic hydroxyl groups excluding tert-OH is 1. The predicted molar refractivity (Wildman–Crippen MR) is 87.5 cm³/mol. The molecule has 0 radical (unpaired) electrons. The van der Waals surface area contributed by atoms with Crippen molar-refractivity contribution in [3.63, 3.8) is 0 Å². The number of rotatable bonds is 6. The van der Waals surface area contributed by atoms with Gasteiger partial charge < -0.3 is 10.2 Å². The van der Waals surface area contributed by atoms with E-state index >= 15 is 0 Å². The number of halogens is 2. The van der Waals surface area contributed by atoms with Gasteiger partial charge in [0, 0.05) is 22.4 Å². The van der Waals surface area contributed by atoms with E-state index in [0.717, 1.165) is 5.56 Å². The molecule has 0 spiro atoms. The van der Waals surface area contributed by atoms with Gasteiger partial charge in [-0.25, -0.2) is 0 Å². The lowest BCUT2D eigenvalue weighted by Gasteiger charge is -2.23. The molecule has 0 saturated carbocycles. The lowest BCUT2D eigenvalue weighted by Crippen LogP contribution is -2.13. The van der Waals surface area contributed by atoms with Gasteiger partial charge in [0.25, 0.3) is 0 Å². The molecule has 2 aromatic carbocycles. The lowest BCUT2D eigenvalue weighted by atomic mass is 9.85. The number of carboxylic acid groups (broad SMARTS) is 1. The van der Waals surface area contributed by atoms with Crippen LogP contribution in [-0.4, -0.2) is 16.2 Å². The first kappa shape index (κ1) is 16.8. The Morgan fingerprint density at radius 2 is 1.68 bits per heavy atom. The van der Waals surface area contributed by atoms with Crippen LogP contribution in [0.1, 0.15) is 36.0 Å². The Labute approximate surface area is 139 Å². The summed E-state index contributed by atoms with van der Waals surface area (Å²) in [6.07, 6.45) is -0.531. The molecular formula is C17H16Cl2O3. The van der Waals surface area contributed by atoms with Gasteiger partial charge in [-0.2, -0.15) is 0 Å². The molecule has 3 nitrogen and oxygen atoms in total. The molecule has 2 N–H and O–H groups in total. The van der Waals surface area contributed by atoms with E-state index in [1.54, 1.807) is 42.5 Å². The Morgan fingerprint density at radius 1 is 1.00 bits per heavy atom. The van der Waals surface area contributed by atoms with E-state index in [1.807, 2.05) is 6.07 Å². The van der Waals surface area contributed by atoms with Crippen LogP contribution in [-0.2, 0) is 4.79 Å². The molecule has 0 aliphatic heterocycles. The van der Waals surface area contributed by atoms with E-state index in [1.165, 1.54) is 0 Å². The van der Waals surface area contributed by atoms with Crippen LogP contribution in [0.5, 0.6) is 0 Å². The van der Waals surface area contributed by atoms with Crippen LogP contribution in [0.4, 0.5) is 0 Å². The van der Waals surface area contributed by atoms with Gasteiger partial charge in [0.2, 0.25) is 0 Å². The summed E-state index contributed by atoms with van der Waals surface area (Å²) in [5.74, 6) is -1.24. The molecule has 2 rings (SSSR count). The molecule has 0 bridgehead atoms. The second kappa shape index (κ2) is 7.63. The van der Waals surface area contributed by atoms with Crippen LogP contribution < -0.4 is 0 Å². The third-order valence-corrected chi connectivity index (χ3v) is 4.03. The highest BCUT2D eigenvalue weighted by Gasteiger charge is 2.23. The van der Waals surface area contributed by atoms with E-state index in [2.05, 4.69) is 0 Å². The third kappa shape index (κ3) is 4.47. The van der Waals surface area contributed by atoms with Crippen molar-refractivity contribution in [2.75, 3.05) is 0 Å². The van der Waals surface area contributed by atoms with E-state index in [-0.39, 0.29) is 12.3 Å². The first-order valence-corrected chi connectivity index (χ1v) is 7.64. The largest absolute Gasteiger partial charge is 0.481 e. The highest BCUT2D eigenvalue weighted by atomic mass is 35.5. The SMILES string of the molecule is O=C(O)CCC(c1cccc(Cl)c1)C(O)c1ccc(Cl)cc1. The van der Waals surface area contributed by atoms with Crippen LogP contribution in [0, 0.1) is 0 Å². The monoisotopic (exact) mass is 338 g/mol. The number of hydrogen-bond acceptors (Lipinski definition) is 2. The van der Waals surface area contributed by atoms with Crippen molar-refractivity contribution < 1.29 is 15.0 Å². The first-order chi connectivity index (χ1) is 10.5. The maximum atomic E-state index is 10.9. The smallest absolute Gasteiger partial charge is 0.303 e. The molecule has 0 aromatic heterocycles. The summed E-state index contributed by atoms with van der Waals surface area (Å²) < 4.78 is 0. The third-order valence-electron chi connectivity index (χ3n) is 3.54. The quantitative estimate of drug-likeness (QED) is 0.804. The molecule has 2 aromatic rings. The molecule has 116 valence electrons. The van der Waals surface area contributed by atoms with Gasteiger partial charge in [-0.05, 0) is 41.8 Å². The highest BCUT2D eigenvalue weighted by molar-refractivity contribution is 6.30. The molecule has 0 saturated heterocycles. The van der Waals surface area contributed by atoms with E-state index in [4.69, 9.17) is 28.3 Å². The molecule has 0 aliphatic rings. The van der Waals surface area contributed by atoms with Gasteiger partial charge in [0.1, 0.15) is 0 Å². The van der Waals surface area contributed by atoms with Crippen molar-refractivity contribution in [2.45, 2.75) is 24.9 Å². The fourth-order valence-electron chi connectivity index (χ4n) is 2.42. The topological polar surface area (TPSA) is 57.5 Å². The van der Waals surface area contributed by atoms with Gasteiger partial charge in [0.05, 0.1) is 6.10 Å². The Bertz CT molecular complexity index is 641. The zero-order chi connectivity index (χ0) is 16.1. The number of aliphatic hydroxyl groups is 1. The Balaban J connectivity index is 2.30. The second-order valence-electron chi connectivity index (χ2n) is 5.09. The van der Waals surface area contributed by atoms with Gasteiger partial charge in [0.15, 0.2) is 0 Å². The summed E-state index contributed by atoms with van der Waals surface area (Å²) in [4.78, 5) is 10.9. The fourth-order valence-corrected chi connectivity index (χ4v) is 2.74. The number of carbonyl (C=O) groups is 1. The number of carboxylic acids is 1. The number of benzene rings is 2. The molecule has 2 unspecified atom stereocenters. The highest BCUT2D eigenvalue weighted by Crippen LogP contribution is 2.36. The summed E-state index contributed by atoms with van der Waals surface area (Å²) >= 11 is 11.9. The molecule has 0 fully saturated rings. The number of hydrogen-bond donors (Lipinski definition) is 2. The van der Waals surface area contributed by atoms with Crippen LogP contribution in [0.15, 0.2) is 48.5 Å². The van der Waals surface area contributed by atoms with Gasteiger partial charge >= 0.3 is 5.97 Å². The lowest BCUT2D eigenvalue weighted by molar-refractivity contribution is -0.137. The van der Waals surface area contributed by atoms with E-state index < -0.39 is 12.1 Å². The molecular weight excluding hydrogens is 323 g/mol. The summed E-state index contributed by atoms with van der Waals surface area (Å²) in [6.45, 7) is 0. The minimum absolute atomic E-state index is 0.0260. The average molecular weight is 339 g/mol. The van der Waals surface area contributed by atoms with Crippen molar-refractivity contribution in [2.24, 2.45) is 0 Å². The first-order valence-electron chi connectivity index (χ1n) is 6.88. The average Bonchev–Trinajstić information content (AvgIpc) is 2.48. The van der Waals surface area contributed by atoms with Crippen LogP contribution in [0.3, 0.4) is 0 Å². The zero-order valence-electron chi connectivity index (χ0n) is 11.7. The van der Waals surface area contributed by atoms with Crippen molar-refractivity contribution in [3.8, 4) is 0 Å². The molecule has 0 aliphatic carbocycles. The molecule has 2 atom stereocenters. The Morgan fingerprint density at radius 3 is 2.27 bits per heavy atom. The van der Waals surface area contributed by atoms with Crippen LogP contribution >= 0.6 is 23.2 Å². The van der Waals surface area contributed by atoms with Gasteiger partial charge in [-0.15, -0.1) is 0 Å². The van der Waals surface area contributed by atoms with Crippen molar-refractivity contribution in [3.05, 3.63) is 69.7 Å². The summed E-state index contributed by atoms with van der Waals surface area (Å²) in [6, 6.07) is 14.0. The zero-order valence-corrected chi connectivity index (χ0v) is 13.3. The van der Waals surface area contributed by atoms with Gasteiger partial charge in [-0.3, -0.25) is 4.79 Å². The standard InChI is InChI=1S/C17H16Cl2O3/c18-13-6-4-11(5-7-13)17(22)15(8-9-16(20)21)12-2-1-3-14(19)10-12/h1-7,10,15,17,22H,8-9H2,(H,20,21). The number of aliphatic carboxylic acids is 1. The normalized spacial score (nSPS) is 13.6. The minimum Gasteiger partial charge on any atom is -0.481 e. The maximum absolute atomic E-state index is 10.9. The van der Waals surface area contributed by atoms with Crippen LogP contribution in [0.2, 0.25) is 10.0 Å². The van der Waals surface area contributed by atoms with Crippen molar-refractivity contribution in [1.29, 1.82) is 0 Å². The second-order valence-corrected chi connectivity index (χ2v) is 5.96. The molecule has 5 heteroatoms. The summed E-state index contributed by atoms with van der Waals surface area (Å²) in [7, 11) is 0. The molecule has 0 heterocycles.